The molecule has 17 heavy (non-hydrogen) atoms. The van der Waals surface area contributed by atoms with Crippen LogP contribution in [0.3, 0.4) is 0 Å². The molecule has 0 aliphatic carbocycles. The summed E-state index contributed by atoms with van der Waals surface area (Å²) >= 11 is 0. The predicted molar refractivity (Wildman–Crippen MR) is 56.6 cm³/mol. The van der Waals surface area contributed by atoms with E-state index >= 15 is 0 Å². The molecular formula is C9H11N3O5. The van der Waals surface area contributed by atoms with Gasteiger partial charge in [-0.3, -0.25) is 19.4 Å². The standard InChI is InChI=1S/C9H11N3O5/c1-4(8(15)16)10-6(13)2-5-3-7(14)12-9(17)11-5/h3-4H,2H2,1H3,(H,10,13)(H,15,16)(H2,11,12,14,17)/t4-/m1/s1. The first-order valence-corrected chi connectivity index (χ1v) is 4.73. The lowest BCUT2D eigenvalue weighted by atomic mass is 10.2. The van der Waals surface area contributed by atoms with Gasteiger partial charge in [0.1, 0.15) is 6.04 Å². The average molecular weight is 241 g/mol. The second-order valence-corrected chi connectivity index (χ2v) is 3.42. The number of aliphatic carboxylic acids is 1. The van der Waals surface area contributed by atoms with Crippen molar-refractivity contribution in [2.24, 2.45) is 0 Å². The normalized spacial score (nSPS) is 11.8. The Morgan fingerprint density at radius 3 is 2.59 bits per heavy atom. The number of hydrogen-bond donors (Lipinski definition) is 4. The van der Waals surface area contributed by atoms with E-state index in [1.165, 1.54) is 6.92 Å². The second-order valence-electron chi connectivity index (χ2n) is 3.42. The number of carbonyl (C=O) groups excluding carboxylic acids is 1. The van der Waals surface area contributed by atoms with E-state index in [9.17, 15) is 19.2 Å². The third-order valence-electron chi connectivity index (χ3n) is 1.92. The van der Waals surface area contributed by atoms with E-state index in [4.69, 9.17) is 5.11 Å². The van der Waals surface area contributed by atoms with Gasteiger partial charge in [0.15, 0.2) is 0 Å². The van der Waals surface area contributed by atoms with Gasteiger partial charge in [-0.2, -0.15) is 0 Å². The SMILES string of the molecule is C[C@@H](NC(=O)Cc1cc(=O)[nH]c(=O)[nH]1)C(=O)O. The topological polar surface area (TPSA) is 132 Å². The summed E-state index contributed by atoms with van der Waals surface area (Å²) in [5.41, 5.74) is -1.22. The highest BCUT2D eigenvalue weighted by Crippen LogP contribution is 1.90. The molecule has 1 atom stereocenters. The monoisotopic (exact) mass is 241 g/mol. The summed E-state index contributed by atoms with van der Waals surface area (Å²) in [5, 5.41) is 10.8. The molecule has 0 saturated carbocycles. The molecule has 1 amide bonds. The van der Waals surface area contributed by atoms with Crippen LogP contribution >= 0.6 is 0 Å². The molecule has 0 aromatic carbocycles. The first-order chi connectivity index (χ1) is 7.88. The van der Waals surface area contributed by atoms with Gasteiger partial charge in [-0.15, -0.1) is 0 Å². The van der Waals surface area contributed by atoms with Crippen LogP contribution in [0, 0.1) is 0 Å². The maximum absolute atomic E-state index is 11.3. The average Bonchev–Trinajstić information content (AvgIpc) is 2.14. The number of H-pyrrole nitrogens is 2. The summed E-state index contributed by atoms with van der Waals surface area (Å²) in [6.07, 6.45) is -0.267. The van der Waals surface area contributed by atoms with Gasteiger partial charge < -0.3 is 15.4 Å². The summed E-state index contributed by atoms with van der Waals surface area (Å²) in [5.74, 6) is -1.76. The molecule has 1 aromatic rings. The smallest absolute Gasteiger partial charge is 0.325 e. The fourth-order valence-corrected chi connectivity index (χ4v) is 1.14. The Labute approximate surface area is 94.7 Å². The lowest BCUT2D eigenvalue weighted by Crippen LogP contribution is -2.39. The molecule has 4 N–H and O–H groups in total. The predicted octanol–water partition coefficient (Wildman–Crippen LogP) is -1.80. The van der Waals surface area contributed by atoms with Crippen molar-refractivity contribution in [3.8, 4) is 0 Å². The number of carboxylic acid groups (broad SMARTS) is 1. The molecule has 92 valence electrons. The molecule has 8 nitrogen and oxygen atoms in total. The Hall–Kier alpha value is -2.38. The molecule has 0 aliphatic rings. The van der Waals surface area contributed by atoms with Crippen LogP contribution in [-0.4, -0.2) is 33.0 Å². The number of amides is 1. The quantitative estimate of drug-likeness (QED) is 0.493. The van der Waals surface area contributed by atoms with Crippen molar-refractivity contribution in [3.05, 3.63) is 32.6 Å². The van der Waals surface area contributed by atoms with Crippen molar-refractivity contribution < 1.29 is 14.7 Å². The Bertz CT molecular complexity index is 516. The molecule has 0 unspecified atom stereocenters. The zero-order chi connectivity index (χ0) is 13.0. The molecule has 1 heterocycles. The van der Waals surface area contributed by atoms with E-state index in [-0.39, 0.29) is 12.1 Å². The highest BCUT2D eigenvalue weighted by Gasteiger charge is 2.14. The number of rotatable bonds is 4. The summed E-state index contributed by atoms with van der Waals surface area (Å²) in [4.78, 5) is 47.8. The van der Waals surface area contributed by atoms with E-state index in [0.29, 0.717) is 0 Å². The number of nitrogens with one attached hydrogen (secondary N) is 3. The zero-order valence-corrected chi connectivity index (χ0v) is 8.94. The van der Waals surface area contributed by atoms with Gasteiger partial charge >= 0.3 is 11.7 Å². The fraction of sp³-hybridized carbons (Fsp3) is 0.333. The number of hydrogen-bond acceptors (Lipinski definition) is 4. The van der Waals surface area contributed by atoms with Crippen LogP contribution in [0.25, 0.3) is 0 Å². The highest BCUT2D eigenvalue weighted by molar-refractivity contribution is 5.84. The van der Waals surface area contributed by atoms with Gasteiger partial charge in [-0.05, 0) is 6.92 Å². The lowest BCUT2D eigenvalue weighted by Gasteiger charge is -2.08. The van der Waals surface area contributed by atoms with Crippen LogP contribution in [0.2, 0.25) is 0 Å². The van der Waals surface area contributed by atoms with Crippen molar-refractivity contribution in [1.29, 1.82) is 0 Å². The van der Waals surface area contributed by atoms with Crippen molar-refractivity contribution in [3.63, 3.8) is 0 Å². The van der Waals surface area contributed by atoms with Crippen molar-refractivity contribution >= 4 is 11.9 Å². The van der Waals surface area contributed by atoms with Crippen LogP contribution in [0.4, 0.5) is 0 Å². The second kappa shape index (κ2) is 5.10. The molecule has 0 aliphatic heterocycles. The van der Waals surface area contributed by atoms with Gasteiger partial charge in [0.05, 0.1) is 6.42 Å². The Balaban J connectivity index is 2.72. The third kappa shape index (κ3) is 3.93. The maximum Gasteiger partial charge on any atom is 0.325 e. The number of carboxylic acids is 1. The minimum absolute atomic E-state index is 0.119. The lowest BCUT2D eigenvalue weighted by molar-refractivity contribution is -0.141. The third-order valence-corrected chi connectivity index (χ3v) is 1.92. The van der Waals surface area contributed by atoms with Gasteiger partial charge in [0.25, 0.3) is 5.56 Å². The number of aromatic nitrogens is 2. The number of carbonyl (C=O) groups is 2. The summed E-state index contributed by atoms with van der Waals surface area (Å²) < 4.78 is 0. The Kier molecular flexibility index (Phi) is 3.81. The molecule has 0 saturated heterocycles. The molecule has 0 bridgehead atoms. The van der Waals surface area contributed by atoms with Crippen LogP contribution in [0.15, 0.2) is 15.7 Å². The van der Waals surface area contributed by atoms with Crippen LogP contribution in [0.1, 0.15) is 12.6 Å². The Morgan fingerprint density at radius 1 is 1.41 bits per heavy atom. The summed E-state index contributed by atoms with van der Waals surface area (Å²) in [7, 11) is 0. The first kappa shape index (κ1) is 12.7. The van der Waals surface area contributed by atoms with E-state index in [2.05, 4.69) is 10.3 Å². The molecule has 1 aromatic heterocycles. The van der Waals surface area contributed by atoms with Gasteiger partial charge in [0, 0.05) is 11.8 Å². The van der Waals surface area contributed by atoms with E-state index in [1.54, 1.807) is 0 Å². The highest BCUT2D eigenvalue weighted by atomic mass is 16.4. The molecule has 8 heteroatoms. The summed E-state index contributed by atoms with van der Waals surface area (Å²) in [6, 6.07) is 0.0306. The Morgan fingerprint density at radius 2 is 2.06 bits per heavy atom. The van der Waals surface area contributed by atoms with E-state index in [0.717, 1.165) is 6.07 Å². The van der Waals surface area contributed by atoms with Crippen LogP contribution in [-0.2, 0) is 16.0 Å². The molecule has 0 radical (unpaired) electrons. The minimum Gasteiger partial charge on any atom is -0.480 e. The van der Waals surface area contributed by atoms with Gasteiger partial charge in [-0.1, -0.05) is 0 Å². The van der Waals surface area contributed by atoms with E-state index < -0.39 is 29.2 Å². The van der Waals surface area contributed by atoms with Gasteiger partial charge in [-0.25, -0.2) is 4.79 Å². The first-order valence-electron chi connectivity index (χ1n) is 4.73. The molecule has 0 spiro atoms. The van der Waals surface area contributed by atoms with Crippen LogP contribution in [0.5, 0.6) is 0 Å². The van der Waals surface area contributed by atoms with E-state index in [1.807, 2.05) is 4.98 Å². The summed E-state index contributed by atoms with van der Waals surface area (Å²) in [6.45, 7) is 1.31. The van der Waals surface area contributed by atoms with Crippen molar-refractivity contribution in [2.45, 2.75) is 19.4 Å². The number of aromatic amines is 2. The van der Waals surface area contributed by atoms with Gasteiger partial charge in [0.2, 0.25) is 5.91 Å². The van der Waals surface area contributed by atoms with Crippen molar-refractivity contribution in [1.82, 2.24) is 15.3 Å². The fourth-order valence-electron chi connectivity index (χ4n) is 1.14. The molecule has 0 fully saturated rings. The molecule has 1 rings (SSSR count). The zero-order valence-electron chi connectivity index (χ0n) is 8.94. The van der Waals surface area contributed by atoms with Crippen LogP contribution < -0.4 is 16.6 Å². The van der Waals surface area contributed by atoms with Crippen molar-refractivity contribution in [2.75, 3.05) is 0 Å². The maximum atomic E-state index is 11.3. The molecular weight excluding hydrogens is 230 g/mol. The largest absolute Gasteiger partial charge is 0.480 e. The minimum atomic E-state index is -1.17.